The van der Waals surface area contributed by atoms with Gasteiger partial charge in [-0.1, -0.05) is 121 Å². The predicted molar refractivity (Wildman–Crippen MR) is 213 cm³/mol. The smallest absolute Gasteiger partial charge is 0.160 e. The Labute approximate surface area is 298 Å². The molecule has 244 valence electrons. The number of benzene rings is 8. The van der Waals surface area contributed by atoms with Crippen molar-refractivity contribution in [2.45, 2.75) is 6.17 Å². The number of amidine groups is 2. The molecule has 2 aromatic heterocycles. The van der Waals surface area contributed by atoms with Crippen molar-refractivity contribution in [3.05, 3.63) is 180 Å². The SMILES string of the molecule is c1ccc(C2=NC(c3c(-c4ccc5c(c4)oc4ccccc45)ccc4oc5ccccc5c34)=NC(c3ccc4c(ccc5ccccc54)c3)N2)cc1. The van der Waals surface area contributed by atoms with Crippen LogP contribution in [0.3, 0.4) is 0 Å². The molecule has 1 atom stereocenters. The van der Waals surface area contributed by atoms with E-state index in [1.54, 1.807) is 0 Å². The first kappa shape index (κ1) is 28.8. The van der Waals surface area contributed by atoms with Crippen molar-refractivity contribution in [1.29, 1.82) is 0 Å². The maximum absolute atomic E-state index is 6.45. The molecule has 11 rings (SSSR count). The minimum absolute atomic E-state index is 0.391. The molecule has 1 aliphatic heterocycles. The van der Waals surface area contributed by atoms with E-state index >= 15 is 0 Å². The van der Waals surface area contributed by atoms with E-state index in [2.05, 4.69) is 121 Å². The standard InChI is InChI=1S/C47H29N3O2/c1-2-11-29(12-3-1)45-48-46(32-21-22-34-30(26-32)19-18-28-10-4-5-13-33(28)34)50-47(49-45)44-35(24-25-41-43(44)38-15-7-9-17-40(38)51-41)31-20-23-37-36-14-6-8-16-39(36)52-42(37)27-31/h1-27,46H,(H,48,49,50). The summed E-state index contributed by atoms with van der Waals surface area (Å²) < 4.78 is 12.8. The van der Waals surface area contributed by atoms with Gasteiger partial charge in [-0.15, -0.1) is 0 Å². The summed E-state index contributed by atoms with van der Waals surface area (Å²) in [6, 6.07) is 56.9. The highest BCUT2D eigenvalue weighted by atomic mass is 16.3. The van der Waals surface area contributed by atoms with Crippen LogP contribution >= 0.6 is 0 Å². The molecule has 10 aromatic rings. The van der Waals surface area contributed by atoms with Crippen molar-refractivity contribution >= 4 is 77.1 Å². The zero-order valence-corrected chi connectivity index (χ0v) is 27.9. The summed E-state index contributed by atoms with van der Waals surface area (Å²) in [5.74, 6) is 1.40. The summed E-state index contributed by atoms with van der Waals surface area (Å²) in [7, 11) is 0. The van der Waals surface area contributed by atoms with Gasteiger partial charge in [-0.25, -0.2) is 9.98 Å². The van der Waals surface area contributed by atoms with Crippen LogP contribution in [-0.2, 0) is 0 Å². The van der Waals surface area contributed by atoms with E-state index in [4.69, 9.17) is 18.8 Å². The van der Waals surface area contributed by atoms with Crippen LogP contribution in [0.4, 0.5) is 0 Å². The maximum atomic E-state index is 6.45. The average molecular weight is 668 g/mol. The van der Waals surface area contributed by atoms with Crippen molar-refractivity contribution < 1.29 is 8.83 Å². The molecule has 0 spiro atoms. The lowest BCUT2D eigenvalue weighted by Crippen LogP contribution is -2.33. The fourth-order valence-corrected chi connectivity index (χ4v) is 7.86. The monoisotopic (exact) mass is 667 g/mol. The number of nitrogens with zero attached hydrogens (tertiary/aromatic N) is 2. The summed E-state index contributed by atoms with van der Waals surface area (Å²) in [5, 5.41) is 12.7. The number of fused-ring (bicyclic) bond motifs is 9. The number of aliphatic imine (C=N–C) groups is 2. The Kier molecular flexibility index (Phi) is 6.25. The first-order valence-corrected chi connectivity index (χ1v) is 17.5. The van der Waals surface area contributed by atoms with Crippen LogP contribution in [0.15, 0.2) is 183 Å². The summed E-state index contributed by atoms with van der Waals surface area (Å²) in [6.07, 6.45) is -0.391. The molecule has 0 aliphatic carbocycles. The lowest BCUT2D eigenvalue weighted by Gasteiger charge is -2.25. The van der Waals surface area contributed by atoms with Crippen molar-refractivity contribution in [3.8, 4) is 11.1 Å². The highest BCUT2D eigenvalue weighted by Gasteiger charge is 2.27. The van der Waals surface area contributed by atoms with Crippen LogP contribution in [0.2, 0.25) is 0 Å². The van der Waals surface area contributed by atoms with Crippen LogP contribution < -0.4 is 5.32 Å². The first-order chi connectivity index (χ1) is 25.7. The van der Waals surface area contributed by atoms with Gasteiger partial charge in [0.2, 0.25) is 0 Å². The van der Waals surface area contributed by atoms with Crippen molar-refractivity contribution in [1.82, 2.24) is 5.32 Å². The molecule has 5 nitrogen and oxygen atoms in total. The van der Waals surface area contributed by atoms with Crippen LogP contribution in [0.5, 0.6) is 0 Å². The zero-order chi connectivity index (χ0) is 34.2. The molecule has 1 unspecified atom stereocenters. The van der Waals surface area contributed by atoms with Gasteiger partial charge in [0, 0.05) is 32.7 Å². The molecule has 0 saturated heterocycles. The molecule has 8 aromatic carbocycles. The molecule has 0 radical (unpaired) electrons. The van der Waals surface area contributed by atoms with Crippen molar-refractivity contribution in [3.63, 3.8) is 0 Å². The van der Waals surface area contributed by atoms with E-state index < -0.39 is 6.17 Å². The number of para-hydroxylation sites is 2. The van der Waals surface area contributed by atoms with Crippen LogP contribution in [0.25, 0.3) is 76.5 Å². The third-order valence-corrected chi connectivity index (χ3v) is 10.3. The third kappa shape index (κ3) is 4.49. The van der Waals surface area contributed by atoms with Crippen molar-refractivity contribution in [2.24, 2.45) is 9.98 Å². The summed E-state index contributed by atoms with van der Waals surface area (Å²) in [5.41, 5.74) is 8.30. The van der Waals surface area contributed by atoms with Crippen LogP contribution in [0.1, 0.15) is 22.9 Å². The Morgan fingerprint density at radius 3 is 2.02 bits per heavy atom. The number of rotatable bonds is 4. The average Bonchev–Trinajstić information content (AvgIpc) is 3.78. The summed E-state index contributed by atoms with van der Waals surface area (Å²) in [4.78, 5) is 10.8. The molecule has 3 heterocycles. The van der Waals surface area contributed by atoms with Crippen LogP contribution in [0, 0.1) is 0 Å². The second-order valence-corrected chi connectivity index (χ2v) is 13.4. The molecule has 52 heavy (non-hydrogen) atoms. The molecule has 0 bridgehead atoms. The lowest BCUT2D eigenvalue weighted by atomic mass is 9.93. The quantitative estimate of drug-likeness (QED) is 0.190. The molecule has 0 fully saturated rings. The Morgan fingerprint density at radius 2 is 1.13 bits per heavy atom. The van der Waals surface area contributed by atoms with Gasteiger partial charge in [-0.3, -0.25) is 0 Å². The van der Waals surface area contributed by atoms with E-state index in [9.17, 15) is 0 Å². The van der Waals surface area contributed by atoms with Gasteiger partial charge in [-0.05, 0) is 80.7 Å². The zero-order valence-electron chi connectivity index (χ0n) is 27.9. The number of furan rings is 2. The predicted octanol–water partition coefficient (Wildman–Crippen LogP) is 12.0. The van der Waals surface area contributed by atoms with Gasteiger partial charge < -0.3 is 14.2 Å². The second-order valence-electron chi connectivity index (χ2n) is 13.4. The van der Waals surface area contributed by atoms with Gasteiger partial charge in [0.05, 0.1) is 0 Å². The minimum atomic E-state index is -0.391. The van der Waals surface area contributed by atoms with E-state index in [1.165, 1.54) is 21.5 Å². The highest BCUT2D eigenvalue weighted by molar-refractivity contribution is 6.25. The molecule has 0 amide bonds. The molecular weight excluding hydrogens is 639 g/mol. The van der Waals surface area contributed by atoms with Crippen LogP contribution in [-0.4, -0.2) is 11.7 Å². The largest absolute Gasteiger partial charge is 0.456 e. The number of hydrogen-bond acceptors (Lipinski definition) is 5. The van der Waals surface area contributed by atoms with Gasteiger partial charge in [0.15, 0.2) is 5.84 Å². The normalized spacial score (nSPS) is 14.7. The van der Waals surface area contributed by atoms with E-state index in [-0.39, 0.29) is 0 Å². The summed E-state index contributed by atoms with van der Waals surface area (Å²) in [6.45, 7) is 0. The van der Waals surface area contributed by atoms with Crippen molar-refractivity contribution in [2.75, 3.05) is 0 Å². The molecule has 5 heteroatoms. The van der Waals surface area contributed by atoms with Gasteiger partial charge in [-0.2, -0.15) is 0 Å². The van der Waals surface area contributed by atoms with E-state index in [1.807, 2.05) is 48.5 Å². The Bertz CT molecular complexity index is 3110. The fraction of sp³-hybridized carbons (Fsp3) is 0.0213. The Morgan fingerprint density at radius 1 is 0.462 bits per heavy atom. The second kappa shape index (κ2) is 11.3. The summed E-state index contributed by atoms with van der Waals surface area (Å²) >= 11 is 0. The Balaban J connectivity index is 1.16. The first-order valence-electron chi connectivity index (χ1n) is 17.5. The molecule has 0 saturated carbocycles. The maximum Gasteiger partial charge on any atom is 0.160 e. The number of nitrogens with one attached hydrogen (secondary N) is 1. The lowest BCUT2D eigenvalue weighted by molar-refractivity contribution is 0.668. The molecular formula is C47H29N3O2. The topological polar surface area (TPSA) is 63.0 Å². The fourth-order valence-electron chi connectivity index (χ4n) is 7.86. The van der Waals surface area contributed by atoms with Gasteiger partial charge >= 0.3 is 0 Å². The molecule has 1 aliphatic rings. The van der Waals surface area contributed by atoms with Gasteiger partial charge in [0.1, 0.15) is 34.3 Å². The minimum Gasteiger partial charge on any atom is -0.456 e. The Hall–Kier alpha value is -6.98. The third-order valence-electron chi connectivity index (χ3n) is 10.3. The van der Waals surface area contributed by atoms with E-state index in [0.717, 1.165) is 77.5 Å². The van der Waals surface area contributed by atoms with Gasteiger partial charge in [0.25, 0.3) is 0 Å². The highest BCUT2D eigenvalue weighted by Crippen LogP contribution is 2.41. The molecule has 1 N–H and O–H groups in total. The number of hydrogen-bond donors (Lipinski definition) is 1. The van der Waals surface area contributed by atoms with E-state index in [0.29, 0.717) is 5.84 Å².